The Labute approximate surface area is 74.2 Å². The molecule has 0 saturated carbocycles. The van der Waals surface area contributed by atoms with Gasteiger partial charge in [0.25, 0.3) is 0 Å². The molecule has 68 valence electrons. The van der Waals surface area contributed by atoms with E-state index in [2.05, 4.69) is 41.3 Å². The lowest BCUT2D eigenvalue weighted by Crippen LogP contribution is -2.40. The molecule has 0 amide bonds. The van der Waals surface area contributed by atoms with Crippen LogP contribution in [-0.2, 0) is 0 Å². The van der Waals surface area contributed by atoms with Crippen molar-refractivity contribution >= 4 is 6.34 Å². The van der Waals surface area contributed by atoms with Gasteiger partial charge < -0.3 is 4.90 Å². The monoisotopic (exact) mass is 167 g/mol. The van der Waals surface area contributed by atoms with E-state index in [1.807, 2.05) is 20.3 Å². The van der Waals surface area contributed by atoms with E-state index >= 15 is 0 Å². The highest BCUT2D eigenvalue weighted by Gasteiger charge is 2.19. The van der Waals surface area contributed by atoms with Gasteiger partial charge in [-0.15, -0.1) is 0 Å². The Bertz CT molecular complexity index is 192. The summed E-state index contributed by atoms with van der Waals surface area (Å²) in [7, 11) is 1.91. The van der Waals surface area contributed by atoms with Gasteiger partial charge in [0.15, 0.2) is 0 Å². The summed E-state index contributed by atoms with van der Waals surface area (Å²) in [6.45, 7) is 6.31. The molecule has 0 fully saturated rings. The number of aliphatic imine (C=N–C) groups is 1. The van der Waals surface area contributed by atoms with Gasteiger partial charge >= 0.3 is 0 Å². The summed E-state index contributed by atoms with van der Waals surface area (Å²) in [4.78, 5) is 6.47. The minimum absolute atomic E-state index is 0.217. The lowest BCUT2D eigenvalue weighted by molar-refractivity contribution is 0.417. The molecule has 3 nitrogen and oxygen atoms in total. The van der Waals surface area contributed by atoms with E-state index in [9.17, 15) is 0 Å². The Hall–Kier alpha value is -0.830. The Morgan fingerprint density at radius 2 is 2.17 bits per heavy atom. The van der Waals surface area contributed by atoms with E-state index < -0.39 is 0 Å². The quantitative estimate of drug-likeness (QED) is 0.669. The fraction of sp³-hybridized carbons (Fsp3) is 0.667. The fourth-order valence-electron chi connectivity index (χ4n) is 0.953. The molecule has 0 saturated heterocycles. The third kappa shape index (κ3) is 1.85. The van der Waals surface area contributed by atoms with Crippen LogP contribution in [0, 0.1) is 0 Å². The molecule has 0 aliphatic carbocycles. The van der Waals surface area contributed by atoms with Gasteiger partial charge in [-0.1, -0.05) is 0 Å². The minimum Gasteiger partial charge on any atom is -0.337 e. The van der Waals surface area contributed by atoms with Gasteiger partial charge in [0.05, 0.1) is 6.34 Å². The molecule has 0 aromatic heterocycles. The number of nitrogens with zero attached hydrogens (tertiary/aromatic N) is 2. The Balaban J connectivity index is 2.66. The first-order valence-electron chi connectivity index (χ1n) is 4.28. The van der Waals surface area contributed by atoms with Crippen molar-refractivity contribution in [2.24, 2.45) is 4.99 Å². The lowest BCUT2D eigenvalue weighted by Gasteiger charge is -2.29. The van der Waals surface area contributed by atoms with Crippen LogP contribution in [0.3, 0.4) is 0 Å². The third-order valence-electron chi connectivity index (χ3n) is 2.13. The molecule has 1 aliphatic rings. The zero-order valence-electron chi connectivity index (χ0n) is 8.20. The molecule has 1 aliphatic heterocycles. The highest BCUT2D eigenvalue weighted by molar-refractivity contribution is 5.59. The smallest absolute Gasteiger partial charge is 0.129 e. The van der Waals surface area contributed by atoms with Gasteiger partial charge in [-0.3, -0.25) is 5.32 Å². The number of hydrogen-bond donors (Lipinski definition) is 1. The van der Waals surface area contributed by atoms with Crippen LogP contribution >= 0.6 is 0 Å². The fourth-order valence-corrected chi connectivity index (χ4v) is 0.953. The van der Waals surface area contributed by atoms with E-state index in [0.29, 0.717) is 6.04 Å². The summed E-state index contributed by atoms with van der Waals surface area (Å²) in [6.07, 6.45) is 6.00. The van der Waals surface area contributed by atoms with E-state index in [4.69, 9.17) is 0 Å². The van der Waals surface area contributed by atoms with Gasteiger partial charge in [-0.25, -0.2) is 4.99 Å². The van der Waals surface area contributed by atoms with Crippen LogP contribution < -0.4 is 5.32 Å². The molecule has 0 spiro atoms. The van der Waals surface area contributed by atoms with Crippen LogP contribution in [0.4, 0.5) is 0 Å². The van der Waals surface area contributed by atoms with Crippen LogP contribution in [0.1, 0.15) is 20.8 Å². The van der Waals surface area contributed by atoms with E-state index in [-0.39, 0.29) is 5.66 Å². The first-order chi connectivity index (χ1) is 5.57. The van der Waals surface area contributed by atoms with Crippen molar-refractivity contribution in [1.29, 1.82) is 0 Å². The number of nitrogens with one attached hydrogen (secondary N) is 1. The average Bonchev–Trinajstić information content (AvgIpc) is 2.05. The zero-order valence-corrected chi connectivity index (χ0v) is 8.20. The van der Waals surface area contributed by atoms with Crippen molar-refractivity contribution in [1.82, 2.24) is 10.2 Å². The number of likely N-dealkylation sites (N-methyl/N-ethyl adjacent to an activating group) is 1. The maximum Gasteiger partial charge on any atom is 0.129 e. The zero-order chi connectivity index (χ0) is 9.19. The first kappa shape index (κ1) is 9.26. The van der Waals surface area contributed by atoms with Crippen LogP contribution in [0.25, 0.3) is 0 Å². The van der Waals surface area contributed by atoms with E-state index in [1.54, 1.807) is 0 Å². The predicted octanol–water partition coefficient (Wildman–Crippen LogP) is 1.19. The second kappa shape index (κ2) is 3.27. The largest absolute Gasteiger partial charge is 0.337 e. The van der Waals surface area contributed by atoms with Crippen molar-refractivity contribution in [3.05, 3.63) is 12.3 Å². The van der Waals surface area contributed by atoms with E-state index in [1.165, 1.54) is 0 Å². The Morgan fingerprint density at radius 3 is 2.50 bits per heavy atom. The van der Waals surface area contributed by atoms with Gasteiger partial charge in [-0.2, -0.15) is 0 Å². The first-order valence-corrected chi connectivity index (χ1v) is 4.28. The number of hydrogen-bond acceptors (Lipinski definition) is 3. The summed E-state index contributed by atoms with van der Waals surface area (Å²) in [5.41, 5.74) is -0.217. The van der Waals surface area contributed by atoms with Crippen molar-refractivity contribution in [2.75, 3.05) is 7.05 Å². The summed E-state index contributed by atoms with van der Waals surface area (Å²) in [5, 5.41) is 3.13. The molecule has 0 bridgehead atoms. The molecule has 1 N–H and O–H groups in total. The highest BCUT2D eigenvalue weighted by Crippen LogP contribution is 2.12. The summed E-state index contributed by atoms with van der Waals surface area (Å²) in [5.74, 6) is 0. The maximum absolute atomic E-state index is 4.39. The van der Waals surface area contributed by atoms with Crippen molar-refractivity contribution in [3.8, 4) is 0 Å². The average molecular weight is 167 g/mol. The second-order valence-corrected chi connectivity index (χ2v) is 3.50. The molecular formula is C9H17N3. The topological polar surface area (TPSA) is 27.6 Å². The van der Waals surface area contributed by atoms with Gasteiger partial charge in [0.1, 0.15) is 5.66 Å². The van der Waals surface area contributed by atoms with E-state index in [0.717, 1.165) is 0 Å². The number of rotatable bonds is 2. The van der Waals surface area contributed by atoms with Crippen molar-refractivity contribution in [2.45, 2.75) is 32.5 Å². The summed E-state index contributed by atoms with van der Waals surface area (Å²) < 4.78 is 0. The molecule has 1 heterocycles. The molecule has 0 aromatic carbocycles. The van der Waals surface area contributed by atoms with Gasteiger partial charge in [-0.05, 0) is 33.9 Å². The normalized spacial score (nSPS) is 28.6. The van der Waals surface area contributed by atoms with Gasteiger partial charge in [0, 0.05) is 12.2 Å². The molecule has 12 heavy (non-hydrogen) atoms. The summed E-state index contributed by atoms with van der Waals surface area (Å²) >= 11 is 0. The van der Waals surface area contributed by atoms with Crippen molar-refractivity contribution in [3.63, 3.8) is 0 Å². The van der Waals surface area contributed by atoms with Crippen LogP contribution in [-0.4, -0.2) is 30.0 Å². The van der Waals surface area contributed by atoms with Crippen LogP contribution in [0.5, 0.6) is 0 Å². The summed E-state index contributed by atoms with van der Waals surface area (Å²) in [6, 6.07) is 0.478. The Morgan fingerprint density at radius 1 is 1.50 bits per heavy atom. The standard InChI is InChI=1S/C9H17N3/c1-8(2)12-6-5-9(3,10-4)11-7-12/h5-8,10H,1-4H3. The molecule has 1 unspecified atom stereocenters. The Kier molecular flexibility index (Phi) is 2.52. The predicted molar refractivity (Wildman–Crippen MR) is 52.1 cm³/mol. The van der Waals surface area contributed by atoms with Crippen molar-refractivity contribution < 1.29 is 0 Å². The van der Waals surface area contributed by atoms with Crippen LogP contribution in [0.2, 0.25) is 0 Å². The molecule has 0 radical (unpaired) electrons. The molecule has 3 heteroatoms. The SMILES string of the molecule is CNC1(C)C=CN(C(C)C)C=N1. The lowest BCUT2D eigenvalue weighted by atomic mass is 10.2. The van der Waals surface area contributed by atoms with Gasteiger partial charge in [0.2, 0.25) is 0 Å². The highest BCUT2D eigenvalue weighted by atomic mass is 15.2. The second-order valence-electron chi connectivity index (χ2n) is 3.50. The molecule has 1 atom stereocenters. The maximum atomic E-state index is 4.39. The minimum atomic E-state index is -0.217. The van der Waals surface area contributed by atoms with Crippen LogP contribution in [0.15, 0.2) is 17.3 Å². The molecule has 1 rings (SSSR count). The third-order valence-corrected chi connectivity index (χ3v) is 2.13. The molecule has 0 aromatic rings. The molecular weight excluding hydrogens is 150 g/mol.